The second-order valence-electron chi connectivity index (χ2n) is 5.86. The number of thiazole rings is 1. The van der Waals surface area contributed by atoms with Crippen LogP contribution in [-0.2, 0) is 4.74 Å². The first-order valence-electron chi connectivity index (χ1n) is 8.16. The van der Waals surface area contributed by atoms with E-state index < -0.39 is 0 Å². The van der Waals surface area contributed by atoms with Crippen LogP contribution in [0.3, 0.4) is 0 Å². The summed E-state index contributed by atoms with van der Waals surface area (Å²) < 4.78 is 6.88. The van der Waals surface area contributed by atoms with Crippen molar-refractivity contribution >= 4 is 55.7 Å². The molecule has 0 N–H and O–H groups in total. The number of amides is 1. The van der Waals surface area contributed by atoms with E-state index in [-0.39, 0.29) is 12.0 Å². The molecular formula is C18H18N2O2S3. The Morgan fingerprint density at radius 2 is 2.36 bits per heavy atom. The Bertz CT molecular complexity index is 870. The molecule has 0 aliphatic carbocycles. The van der Waals surface area contributed by atoms with Gasteiger partial charge in [-0.25, -0.2) is 4.98 Å². The van der Waals surface area contributed by atoms with Crippen molar-refractivity contribution in [2.24, 2.45) is 0 Å². The maximum Gasteiger partial charge on any atom is 0.270 e. The van der Waals surface area contributed by atoms with Gasteiger partial charge in [0.25, 0.3) is 5.91 Å². The number of benzene rings is 1. The number of nitrogens with zero attached hydrogens (tertiary/aromatic N) is 2. The van der Waals surface area contributed by atoms with Crippen LogP contribution in [0.4, 0.5) is 5.13 Å². The molecule has 130 valence electrons. The van der Waals surface area contributed by atoms with Crippen LogP contribution in [0.2, 0.25) is 0 Å². The van der Waals surface area contributed by atoms with Crippen LogP contribution >= 0.6 is 34.4 Å². The molecule has 7 heteroatoms. The fraction of sp³-hybridized carbons (Fsp3) is 0.333. The van der Waals surface area contributed by atoms with Gasteiger partial charge in [0.05, 0.1) is 27.7 Å². The number of carbonyl (C=O) groups excluding carboxylic acids is 1. The highest BCUT2D eigenvalue weighted by atomic mass is 32.2. The molecule has 1 amide bonds. The number of anilines is 1. The zero-order valence-corrected chi connectivity index (χ0v) is 16.3. The normalized spacial score (nSPS) is 17.2. The molecule has 0 spiro atoms. The maximum absolute atomic E-state index is 13.0. The van der Waals surface area contributed by atoms with Crippen LogP contribution in [-0.4, -0.2) is 36.4 Å². The van der Waals surface area contributed by atoms with Crippen molar-refractivity contribution in [2.45, 2.75) is 23.8 Å². The molecule has 3 aromatic rings. The Hall–Kier alpha value is -1.41. The van der Waals surface area contributed by atoms with Crippen LogP contribution in [0, 0.1) is 0 Å². The van der Waals surface area contributed by atoms with Crippen molar-refractivity contribution in [3.63, 3.8) is 0 Å². The highest BCUT2D eigenvalue weighted by molar-refractivity contribution is 7.98. The molecule has 1 aliphatic heterocycles. The zero-order valence-electron chi connectivity index (χ0n) is 13.8. The van der Waals surface area contributed by atoms with E-state index in [1.807, 2.05) is 23.6 Å². The third-order valence-corrected chi connectivity index (χ3v) is 6.83. The number of thioether (sulfide) groups is 1. The van der Waals surface area contributed by atoms with E-state index in [2.05, 4.69) is 18.4 Å². The fourth-order valence-electron chi connectivity index (χ4n) is 2.91. The minimum Gasteiger partial charge on any atom is -0.376 e. The Kier molecular flexibility index (Phi) is 5.08. The van der Waals surface area contributed by atoms with Crippen LogP contribution in [0.5, 0.6) is 0 Å². The lowest BCUT2D eigenvalue weighted by Gasteiger charge is -2.22. The van der Waals surface area contributed by atoms with Crippen molar-refractivity contribution in [2.75, 3.05) is 24.3 Å². The van der Waals surface area contributed by atoms with E-state index in [1.54, 1.807) is 28.0 Å². The topological polar surface area (TPSA) is 42.4 Å². The minimum atomic E-state index is 0.00893. The van der Waals surface area contributed by atoms with Crippen LogP contribution < -0.4 is 4.90 Å². The number of thiophene rings is 1. The van der Waals surface area contributed by atoms with Crippen LogP contribution in [0.1, 0.15) is 22.5 Å². The third-order valence-electron chi connectivity index (χ3n) is 4.20. The SMILES string of the molecule is CSc1ccc2nc(N(C[C@H]3CCCO3)C(=O)c3cccs3)sc2c1. The molecular weight excluding hydrogens is 372 g/mol. The number of carbonyl (C=O) groups is 1. The molecule has 0 unspecified atom stereocenters. The molecule has 4 rings (SSSR count). The molecule has 0 radical (unpaired) electrons. The first-order chi connectivity index (χ1) is 12.2. The molecule has 4 nitrogen and oxygen atoms in total. The summed E-state index contributed by atoms with van der Waals surface area (Å²) in [7, 11) is 0. The first-order valence-corrected chi connectivity index (χ1v) is 11.1. The van der Waals surface area contributed by atoms with Gasteiger partial charge in [-0.15, -0.1) is 23.1 Å². The number of rotatable bonds is 5. The smallest absolute Gasteiger partial charge is 0.270 e. The summed E-state index contributed by atoms with van der Waals surface area (Å²) in [6.07, 6.45) is 4.21. The molecule has 2 aromatic heterocycles. The molecule has 0 saturated carbocycles. The first kappa shape index (κ1) is 17.0. The van der Waals surface area contributed by atoms with E-state index >= 15 is 0 Å². The summed E-state index contributed by atoms with van der Waals surface area (Å²) >= 11 is 4.75. The van der Waals surface area contributed by atoms with Crippen molar-refractivity contribution in [1.29, 1.82) is 0 Å². The quantitative estimate of drug-likeness (QED) is 0.581. The molecule has 1 aliphatic rings. The van der Waals surface area contributed by atoms with Gasteiger partial charge in [-0.05, 0) is 48.7 Å². The average molecular weight is 391 g/mol. The summed E-state index contributed by atoms with van der Waals surface area (Å²) in [4.78, 5) is 21.5. The van der Waals surface area contributed by atoms with Gasteiger partial charge in [0.1, 0.15) is 0 Å². The van der Waals surface area contributed by atoms with E-state index in [0.717, 1.165) is 39.7 Å². The Morgan fingerprint density at radius 1 is 1.44 bits per heavy atom. The Labute approximate surface area is 158 Å². The second kappa shape index (κ2) is 7.45. The van der Waals surface area contributed by atoms with Gasteiger partial charge in [-0.3, -0.25) is 9.69 Å². The summed E-state index contributed by atoms with van der Waals surface area (Å²) in [6, 6.07) is 10.0. The number of hydrogen-bond acceptors (Lipinski definition) is 6. The molecule has 0 bridgehead atoms. The van der Waals surface area contributed by atoms with Crippen LogP contribution in [0.25, 0.3) is 10.2 Å². The zero-order chi connectivity index (χ0) is 17.2. The number of aromatic nitrogens is 1. The van der Waals surface area contributed by atoms with Gasteiger partial charge in [0.15, 0.2) is 5.13 Å². The van der Waals surface area contributed by atoms with Gasteiger partial charge < -0.3 is 4.74 Å². The third kappa shape index (κ3) is 3.60. The van der Waals surface area contributed by atoms with Gasteiger partial charge in [0, 0.05) is 11.5 Å². The highest BCUT2D eigenvalue weighted by Gasteiger charge is 2.27. The summed E-state index contributed by atoms with van der Waals surface area (Å²) in [5.74, 6) is 0.00893. The molecule has 1 atom stereocenters. The van der Waals surface area contributed by atoms with Crippen molar-refractivity contribution in [3.05, 3.63) is 40.6 Å². The molecule has 3 heterocycles. The minimum absolute atomic E-state index is 0.00893. The fourth-order valence-corrected chi connectivity index (χ4v) is 5.11. The Balaban J connectivity index is 1.69. The van der Waals surface area contributed by atoms with Crippen molar-refractivity contribution in [3.8, 4) is 0 Å². The number of hydrogen-bond donors (Lipinski definition) is 0. The van der Waals surface area contributed by atoms with E-state index in [1.165, 1.54) is 16.2 Å². The largest absolute Gasteiger partial charge is 0.376 e. The molecule has 1 aromatic carbocycles. The Morgan fingerprint density at radius 3 is 3.08 bits per heavy atom. The number of fused-ring (bicyclic) bond motifs is 1. The van der Waals surface area contributed by atoms with Crippen molar-refractivity contribution < 1.29 is 9.53 Å². The predicted octanol–water partition coefficient (Wildman–Crippen LogP) is 4.91. The lowest BCUT2D eigenvalue weighted by molar-refractivity contribution is 0.0920. The van der Waals surface area contributed by atoms with Gasteiger partial charge in [-0.2, -0.15) is 0 Å². The summed E-state index contributed by atoms with van der Waals surface area (Å²) in [5.41, 5.74) is 0.939. The van der Waals surface area contributed by atoms with Crippen molar-refractivity contribution in [1.82, 2.24) is 4.98 Å². The highest BCUT2D eigenvalue weighted by Crippen LogP contribution is 2.33. The monoisotopic (exact) mass is 390 g/mol. The van der Waals surface area contributed by atoms with Crippen LogP contribution in [0.15, 0.2) is 40.6 Å². The predicted molar refractivity (Wildman–Crippen MR) is 106 cm³/mol. The van der Waals surface area contributed by atoms with E-state index in [0.29, 0.717) is 6.54 Å². The van der Waals surface area contributed by atoms with Gasteiger partial charge in [-0.1, -0.05) is 17.4 Å². The lowest BCUT2D eigenvalue weighted by Crippen LogP contribution is -2.37. The summed E-state index contributed by atoms with van der Waals surface area (Å²) in [6.45, 7) is 1.34. The van der Waals surface area contributed by atoms with Gasteiger partial charge >= 0.3 is 0 Å². The lowest BCUT2D eigenvalue weighted by atomic mass is 10.2. The van der Waals surface area contributed by atoms with Gasteiger partial charge in [0.2, 0.25) is 0 Å². The molecule has 1 fully saturated rings. The van der Waals surface area contributed by atoms with E-state index in [9.17, 15) is 4.79 Å². The molecule has 1 saturated heterocycles. The maximum atomic E-state index is 13.0. The summed E-state index contributed by atoms with van der Waals surface area (Å²) in [5, 5.41) is 2.68. The standard InChI is InChI=1S/C18H18N2O2S3/c1-23-13-6-7-14-16(10-13)25-18(19-14)20(11-12-4-2-8-22-12)17(21)15-5-3-9-24-15/h3,5-7,9-10,12H,2,4,8,11H2,1H3/t12-/m1/s1. The molecule has 25 heavy (non-hydrogen) atoms. The second-order valence-corrected chi connectivity index (χ2v) is 8.69. The number of ether oxygens (including phenoxy) is 1. The van der Waals surface area contributed by atoms with E-state index in [4.69, 9.17) is 9.72 Å². The average Bonchev–Trinajstić information content (AvgIpc) is 3.39.